The molecule has 0 radical (unpaired) electrons. The minimum absolute atomic E-state index is 0.323. The van der Waals surface area contributed by atoms with Gasteiger partial charge in [-0.2, -0.15) is 0 Å². The number of hydrogen-bond acceptors (Lipinski definition) is 5. The third-order valence-electron chi connectivity index (χ3n) is 3.72. The van der Waals surface area contributed by atoms with Gasteiger partial charge in [0, 0.05) is 18.5 Å². The maximum atomic E-state index is 5.86. The van der Waals surface area contributed by atoms with E-state index in [1.165, 1.54) is 4.88 Å². The number of nitrogens with one attached hydrogen (secondary N) is 1. The van der Waals surface area contributed by atoms with Crippen molar-refractivity contribution < 1.29 is 4.74 Å². The van der Waals surface area contributed by atoms with E-state index in [0.717, 1.165) is 47.7 Å². The summed E-state index contributed by atoms with van der Waals surface area (Å²) < 4.78 is 5.86. The molecule has 2 aromatic heterocycles. The highest BCUT2D eigenvalue weighted by Crippen LogP contribution is 2.37. The topological polar surface area (TPSA) is 47.0 Å². The molecule has 3 heterocycles. The highest BCUT2D eigenvalue weighted by molar-refractivity contribution is 7.18. The molecule has 1 aliphatic heterocycles. The van der Waals surface area contributed by atoms with E-state index < -0.39 is 0 Å². The van der Waals surface area contributed by atoms with Gasteiger partial charge in [0.15, 0.2) is 5.82 Å². The van der Waals surface area contributed by atoms with Crippen molar-refractivity contribution >= 4 is 27.4 Å². The Hall–Kier alpha value is -1.20. The van der Waals surface area contributed by atoms with E-state index in [2.05, 4.69) is 30.2 Å². The lowest BCUT2D eigenvalue weighted by molar-refractivity contribution is 0.00977. The summed E-state index contributed by atoms with van der Waals surface area (Å²) in [7, 11) is 1.91. The molecule has 0 amide bonds. The van der Waals surface area contributed by atoms with Gasteiger partial charge in [0.25, 0.3) is 0 Å². The van der Waals surface area contributed by atoms with Crippen LogP contribution in [0, 0.1) is 0 Å². The van der Waals surface area contributed by atoms with Crippen molar-refractivity contribution in [2.45, 2.75) is 38.7 Å². The van der Waals surface area contributed by atoms with Crippen molar-refractivity contribution in [1.82, 2.24) is 9.97 Å². The summed E-state index contributed by atoms with van der Waals surface area (Å²) in [6.45, 7) is 5.06. The molecular formula is C14H19N3OS. The lowest BCUT2D eigenvalue weighted by Gasteiger charge is -2.21. The maximum Gasteiger partial charge on any atom is 0.163 e. The quantitative estimate of drug-likeness (QED) is 0.935. The fourth-order valence-electron chi connectivity index (χ4n) is 2.53. The summed E-state index contributed by atoms with van der Waals surface area (Å²) in [6, 6.07) is 2.19. The summed E-state index contributed by atoms with van der Waals surface area (Å²) in [4.78, 5) is 11.8. The van der Waals surface area contributed by atoms with Gasteiger partial charge in [0.05, 0.1) is 5.39 Å². The molecule has 3 rings (SSSR count). The number of rotatable bonds is 3. The zero-order valence-electron chi connectivity index (χ0n) is 11.6. The summed E-state index contributed by atoms with van der Waals surface area (Å²) in [5.74, 6) is 1.72. The zero-order chi connectivity index (χ0) is 13.5. The molecule has 1 atom stereocenters. The van der Waals surface area contributed by atoms with Crippen LogP contribution in [0.2, 0.25) is 0 Å². The molecule has 0 aliphatic carbocycles. The number of hydrogen-bond donors (Lipinski definition) is 1. The second-order valence-corrected chi connectivity index (χ2v) is 6.23. The number of fused-ring (bicyclic) bond motifs is 1. The molecule has 4 nitrogen and oxygen atoms in total. The molecule has 5 heteroatoms. The number of thiophene rings is 1. The first-order chi connectivity index (χ1) is 9.16. The first kappa shape index (κ1) is 12.8. The van der Waals surface area contributed by atoms with E-state index in [4.69, 9.17) is 9.72 Å². The Balaban J connectivity index is 2.16. The van der Waals surface area contributed by atoms with Gasteiger partial charge in [-0.05, 0) is 32.3 Å². The largest absolute Gasteiger partial charge is 0.372 e. The molecule has 102 valence electrons. The summed E-state index contributed by atoms with van der Waals surface area (Å²) >= 11 is 1.75. The second kappa shape index (κ2) is 4.72. The predicted molar refractivity (Wildman–Crippen MR) is 78.9 cm³/mol. The first-order valence-corrected chi connectivity index (χ1v) is 7.60. The summed E-state index contributed by atoms with van der Waals surface area (Å²) in [5.41, 5.74) is -0.323. The zero-order valence-corrected chi connectivity index (χ0v) is 12.4. The molecule has 1 N–H and O–H groups in total. The highest BCUT2D eigenvalue weighted by Gasteiger charge is 2.35. The van der Waals surface area contributed by atoms with Crippen LogP contribution in [0.5, 0.6) is 0 Å². The second-order valence-electron chi connectivity index (χ2n) is 5.11. The van der Waals surface area contributed by atoms with Crippen molar-refractivity contribution in [3.63, 3.8) is 0 Å². The third kappa shape index (κ3) is 2.11. The Bertz CT molecular complexity index is 602. The summed E-state index contributed by atoms with van der Waals surface area (Å²) in [6.07, 6.45) is 3.11. The van der Waals surface area contributed by atoms with Gasteiger partial charge in [0.1, 0.15) is 16.2 Å². The number of anilines is 1. The van der Waals surface area contributed by atoms with Crippen LogP contribution in [0.3, 0.4) is 0 Å². The summed E-state index contributed by atoms with van der Waals surface area (Å²) in [5, 5.41) is 4.31. The Morgan fingerprint density at radius 1 is 1.47 bits per heavy atom. The molecule has 1 aliphatic rings. The molecular weight excluding hydrogens is 258 g/mol. The molecule has 0 saturated carbocycles. The number of ether oxygens (including phenoxy) is 1. The average Bonchev–Trinajstić information content (AvgIpc) is 3.03. The minimum atomic E-state index is -0.323. The van der Waals surface area contributed by atoms with Crippen molar-refractivity contribution in [3.8, 4) is 0 Å². The van der Waals surface area contributed by atoms with Crippen LogP contribution >= 0.6 is 11.3 Å². The van der Waals surface area contributed by atoms with Gasteiger partial charge in [0.2, 0.25) is 0 Å². The van der Waals surface area contributed by atoms with Crippen molar-refractivity contribution in [3.05, 3.63) is 16.8 Å². The molecule has 0 aromatic carbocycles. The van der Waals surface area contributed by atoms with Crippen molar-refractivity contribution in [2.24, 2.45) is 0 Å². The van der Waals surface area contributed by atoms with Gasteiger partial charge >= 0.3 is 0 Å². The SMILES string of the molecule is CCc1cc2c(NC)nc(C3(C)CCCO3)nc2s1. The van der Waals surface area contributed by atoms with E-state index in [1.54, 1.807) is 11.3 Å². The Morgan fingerprint density at radius 3 is 2.95 bits per heavy atom. The van der Waals surface area contributed by atoms with Crippen molar-refractivity contribution in [2.75, 3.05) is 19.0 Å². The number of nitrogens with zero attached hydrogens (tertiary/aromatic N) is 2. The maximum absolute atomic E-state index is 5.86. The molecule has 19 heavy (non-hydrogen) atoms. The molecule has 1 unspecified atom stereocenters. The normalized spacial score (nSPS) is 23.1. The standard InChI is InChI=1S/C14H19N3OS/c1-4-9-8-10-11(15-3)16-13(17-12(10)19-9)14(2)6-5-7-18-14/h8H,4-7H2,1-3H3,(H,15,16,17). The average molecular weight is 277 g/mol. The Kier molecular flexibility index (Phi) is 3.19. The van der Waals surface area contributed by atoms with Crippen LogP contribution in [0.1, 0.15) is 37.4 Å². The number of aromatic nitrogens is 2. The fraction of sp³-hybridized carbons (Fsp3) is 0.571. The Labute approximate surface area is 117 Å². The minimum Gasteiger partial charge on any atom is -0.372 e. The smallest absolute Gasteiger partial charge is 0.163 e. The van der Waals surface area contributed by atoms with Crippen LogP contribution in [0.15, 0.2) is 6.07 Å². The molecule has 1 fully saturated rings. The molecule has 0 bridgehead atoms. The van der Waals surface area contributed by atoms with Gasteiger partial charge < -0.3 is 10.1 Å². The van der Waals surface area contributed by atoms with Gasteiger partial charge in [-0.25, -0.2) is 9.97 Å². The predicted octanol–water partition coefficient (Wildman–Crippen LogP) is 3.32. The molecule has 1 saturated heterocycles. The van der Waals surface area contributed by atoms with Gasteiger partial charge in [-0.1, -0.05) is 6.92 Å². The monoisotopic (exact) mass is 277 g/mol. The lowest BCUT2D eigenvalue weighted by Crippen LogP contribution is -2.23. The van der Waals surface area contributed by atoms with Crippen LogP contribution in [0.4, 0.5) is 5.82 Å². The number of aryl methyl sites for hydroxylation is 1. The van der Waals surface area contributed by atoms with Crippen LogP contribution < -0.4 is 5.32 Å². The Morgan fingerprint density at radius 2 is 2.32 bits per heavy atom. The fourth-order valence-corrected chi connectivity index (χ4v) is 3.50. The van der Waals surface area contributed by atoms with E-state index in [1.807, 2.05) is 7.05 Å². The van der Waals surface area contributed by atoms with E-state index >= 15 is 0 Å². The van der Waals surface area contributed by atoms with Crippen LogP contribution in [-0.4, -0.2) is 23.6 Å². The third-order valence-corrected chi connectivity index (χ3v) is 4.89. The van der Waals surface area contributed by atoms with Crippen LogP contribution in [0.25, 0.3) is 10.2 Å². The van der Waals surface area contributed by atoms with Crippen LogP contribution in [-0.2, 0) is 16.8 Å². The first-order valence-electron chi connectivity index (χ1n) is 6.79. The molecule has 2 aromatic rings. The van der Waals surface area contributed by atoms with E-state index in [0.29, 0.717) is 0 Å². The highest BCUT2D eigenvalue weighted by atomic mass is 32.1. The van der Waals surface area contributed by atoms with Gasteiger partial charge in [-0.3, -0.25) is 0 Å². The van der Waals surface area contributed by atoms with E-state index in [9.17, 15) is 0 Å². The molecule has 0 spiro atoms. The van der Waals surface area contributed by atoms with Gasteiger partial charge in [-0.15, -0.1) is 11.3 Å². The van der Waals surface area contributed by atoms with Crippen molar-refractivity contribution in [1.29, 1.82) is 0 Å². The lowest BCUT2D eigenvalue weighted by atomic mass is 10.0. The van der Waals surface area contributed by atoms with E-state index in [-0.39, 0.29) is 5.60 Å².